The lowest BCUT2D eigenvalue weighted by Gasteiger charge is -2.20. The molecule has 0 aliphatic carbocycles. The third-order valence-corrected chi connectivity index (χ3v) is 4.66. The maximum Gasteiger partial charge on any atom is 0.248 e. The molecule has 0 spiro atoms. The number of rotatable bonds is 7. The zero-order chi connectivity index (χ0) is 19.3. The Kier molecular flexibility index (Phi) is 6.74. The Morgan fingerprint density at radius 1 is 1.23 bits per heavy atom. The molecule has 140 valence electrons. The van der Waals surface area contributed by atoms with E-state index in [2.05, 4.69) is 15.6 Å². The first-order chi connectivity index (χ1) is 12.3. The van der Waals surface area contributed by atoms with E-state index >= 15 is 0 Å². The molecule has 0 radical (unpaired) electrons. The molecule has 0 unspecified atom stereocenters. The number of aryl methyl sites for hydroxylation is 1. The summed E-state index contributed by atoms with van der Waals surface area (Å²) in [6.45, 7) is 9.71. The zero-order valence-corrected chi connectivity index (χ0v) is 16.6. The summed E-state index contributed by atoms with van der Waals surface area (Å²) in [6.07, 6.45) is 0. The number of nitrogens with one attached hydrogen (secondary N) is 2. The monoisotopic (exact) mass is 375 g/mol. The number of carbonyl (C=O) groups excluding carboxylic acids is 2. The summed E-state index contributed by atoms with van der Waals surface area (Å²) in [4.78, 5) is 29.4. The summed E-state index contributed by atoms with van der Waals surface area (Å²) in [5.74, 6) is 0.296. The fourth-order valence-corrected chi connectivity index (χ4v) is 3.37. The summed E-state index contributed by atoms with van der Waals surface area (Å²) in [7, 11) is 0. The molecule has 2 aromatic rings. The molecule has 2 amide bonds. The van der Waals surface area contributed by atoms with Crippen LogP contribution in [0, 0.1) is 12.8 Å². The number of carbonyl (C=O) groups is 2. The number of nitrogens with zero attached hydrogens (tertiary/aromatic N) is 1. The molecule has 1 heterocycles. The Morgan fingerprint density at radius 2 is 1.88 bits per heavy atom. The molecule has 1 atom stereocenters. The normalized spacial score (nSPS) is 11.9. The van der Waals surface area contributed by atoms with Crippen molar-refractivity contribution in [1.82, 2.24) is 10.3 Å². The highest BCUT2D eigenvalue weighted by Gasteiger charge is 2.24. The van der Waals surface area contributed by atoms with E-state index in [0.717, 1.165) is 21.9 Å². The second-order valence-electron chi connectivity index (χ2n) is 6.29. The highest BCUT2D eigenvalue weighted by Crippen LogP contribution is 2.31. The van der Waals surface area contributed by atoms with Crippen molar-refractivity contribution in [1.29, 1.82) is 0 Å². The van der Waals surface area contributed by atoms with Crippen LogP contribution in [-0.4, -0.2) is 29.4 Å². The van der Waals surface area contributed by atoms with E-state index in [-0.39, 0.29) is 17.7 Å². The smallest absolute Gasteiger partial charge is 0.248 e. The third-order valence-electron chi connectivity index (χ3n) is 3.77. The molecule has 6 nitrogen and oxygen atoms in total. The van der Waals surface area contributed by atoms with Crippen LogP contribution in [0.2, 0.25) is 0 Å². The first-order valence-electron chi connectivity index (χ1n) is 8.60. The number of ether oxygens (including phenoxy) is 1. The van der Waals surface area contributed by atoms with Crippen molar-refractivity contribution < 1.29 is 14.3 Å². The molecule has 2 rings (SSSR count). The van der Waals surface area contributed by atoms with Gasteiger partial charge in [-0.2, -0.15) is 0 Å². The van der Waals surface area contributed by atoms with Gasteiger partial charge >= 0.3 is 0 Å². The van der Waals surface area contributed by atoms with E-state index in [1.54, 1.807) is 0 Å². The van der Waals surface area contributed by atoms with Crippen molar-refractivity contribution in [2.24, 2.45) is 5.92 Å². The molecule has 0 aliphatic heterocycles. The molecular weight excluding hydrogens is 350 g/mol. The van der Waals surface area contributed by atoms with Gasteiger partial charge in [-0.25, -0.2) is 4.98 Å². The molecule has 1 aromatic heterocycles. The molecule has 0 aliphatic rings. The Hall–Kier alpha value is -2.41. The van der Waals surface area contributed by atoms with Crippen LogP contribution in [0.15, 0.2) is 24.3 Å². The molecule has 0 fully saturated rings. The van der Waals surface area contributed by atoms with Gasteiger partial charge in [-0.15, -0.1) is 11.3 Å². The number of anilines is 1. The van der Waals surface area contributed by atoms with Gasteiger partial charge in [0.05, 0.1) is 12.3 Å². The lowest BCUT2D eigenvalue weighted by Crippen LogP contribution is -2.46. The predicted molar refractivity (Wildman–Crippen MR) is 105 cm³/mol. The zero-order valence-electron chi connectivity index (χ0n) is 15.8. The van der Waals surface area contributed by atoms with Crippen molar-refractivity contribution in [2.75, 3.05) is 11.9 Å². The number of benzene rings is 1. The van der Waals surface area contributed by atoms with Gasteiger partial charge in [0, 0.05) is 17.4 Å². The average molecular weight is 375 g/mol. The largest absolute Gasteiger partial charge is 0.494 e. The SMILES string of the molecule is CCOc1ccc(-c2nc(NC(=O)[C@H](NC(C)=O)C(C)C)sc2C)cc1. The van der Waals surface area contributed by atoms with Crippen molar-refractivity contribution in [2.45, 2.75) is 40.7 Å². The topological polar surface area (TPSA) is 80.3 Å². The second kappa shape index (κ2) is 8.80. The molecule has 0 saturated heterocycles. The van der Waals surface area contributed by atoms with E-state index < -0.39 is 6.04 Å². The van der Waals surface area contributed by atoms with Crippen LogP contribution >= 0.6 is 11.3 Å². The van der Waals surface area contributed by atoms with Gasteiger partial charge in [0.2, 0.25) is 11.8 Å². The fourth-order valence-electron chi connectivity index (χ4n) is 2.53. The highest BCUT2D eigenvalue weighted by molar-refractivity contribution is 7.16. The molecule has 0 saturated carbocycles. The predicted octanol–water partition coefficient (Wildman–Crippen LogP) is 3.62. The Labute approximate surface area is 158 Å². The molecule has 7 heteroatoms. The van der Waals surface area contributed by atoms with Gasteiger partial charge in [0.1, 0.15) is 11.8 Å². The molecule has 26 heavy (non-hydrogen) atoms. The van der Waals surface area contributed by atoms with E-state index in [4.69, 9.17) is 4.74 Å². The minimum absolute atomic E-state index is 0.0226. The Balaban J connectivity index is 2.16. The maximum absolute atomic E-state index is 12.5. The Morgan fingerprint density at radius 3 is 2.42 bits per heavy atom. The van der Waals surface area contributed by atoms with Crippen LogP contribution in [0.1, 0.15) is 32.6 Å². The van der Waals surface area contributed by atoms with E-state index in [0.29, 0.717) is 11.7 Å². The summed E-state index contributed by atoms with van der Waals surface area (Å²) < 4.78 is 5.46. The molecule has 2 N–H and O–H groups in total. The van der Waals surface area contributed by atoms with E-state index in [1.165, 1.54) is 18.3 Å². The summed E-state index contributed by atoms with van der Waals surface area (Å²) in [5, 5.41) is 6.02. The number of thiazole rings is 1. The molecular formula is C19H25N3O3S. The standard InChI is InChI=1S/C19H25N3O3S/c1-6-25-15-9-7-14(8-10-15)17-12(4)26-19(21-17)22-18(24)16(11(2)3)20-13(5)23/h7-11,16H,6H2,1-5H3,(H,20,23)(H,21,22,24)/t16-/m1/s1. The number of amides is 2. The van der Waals surface area contributed by atoms with Gasteiger partial charge in [0.15, 0.2) is 5.13 Å². The van der Waals surface area contributed by atoms with Gasteiger partial charge in [0.25, 0.3) is 0 Å². The van der Waals surface area contributed by atoms with Gasteiger partial charge in [-0.05, 0) is 44.0 Å². The quantitative estimate of drug-likeness (QED) is 0.775. The molecule has 0 bridgehead atoms. The number of aromatic nitrogens is 1. The summed E-state index contributed by atoms with van der Waals surface area (Å²) in [6, 6.07) is 7.12. The van der Waals surface area contributed by atoms with Crippen LogP contribution in [-0.2, 0) is 9.59 Å². The van der Waals surface area contributed by atoms with Crippen molar-refractivity contribution in [3.8, 4) is 17.0 Å². The first kappa shape index (κ1) is 19.9. The van der Waals surface area contributed by atoms with Crippen LogP contribution in [0.5, 0.6) is 5.75 Å². The highest BCUT2D eigenvalue weighted by atomic mass is 32.1. The summed E-state index contributed by atoms with van der Waals surface area (Å²) in [5.41, 5.74) is 1.79. The van der Waals surface area contributed by atoms with Crippen LogP contribution in [0.3, 0.4) is 0 Å². The molecule has 1 aromatic carbocycles. The minimum atomic E-state index is -0.592. The maximum atomic E-state index is 12.5. The van der Waals surface area contributed by atoms with Gasteiger partial charge < -0.3 is 15.4 Å². The Bertz CT molecular complexity index is 769. The minimum Gasteiger partial charge on any atom is -0.494 e. The van der Waals surface area contributed by atoms with Gasteiger partial charge in [-0.3, -0.25) is 9.59 Å². The van der Waals surface area contributed by atoms with Crippen LogP contribution in [0.4, 0.5) is 5.13 Å². The lowest BCUT2D eigenvalue weighted by molar-refractivity contribution is -0.126. The van der Waals surface area contributed by atoms with Crippen molar-refractivity contribution in [3.05, 3.63) is 29.1 Å². The lowest BCUT2D eigenvalue weighted by atomic mass is 10.0. The first-order valence-corrected chi connectivity index (χ1v) is 9.42. The van der Waals surface area contributed by atoms with E-state index in [1.807, 2.05) is 52.0 Å². The van der Waals surface area contributed by atoms with E-state index in [9.17, 15) is 9.59 Å². The average Bonchev–Trinajstić information content (AvgIpc) is 2.93. The van der Waals surface area contributed by atoms with Crippen LogP contribution in [0.25, 0.3) is 11.3 Å². The number of hydrogen-bond donors (Lipinski definition) is 2. The second-order valence-corrected chi connectivity index (χ2v) is 7.50. The van der Waals surface area contributed by atoms with Crippen molar-refractivity contribution >= 4 is 28.3 Å². The van der Waals surface area contributed by atoms with Crippen molar-refractivity contribution in [3.63, 3.8) is 0 Å². The van der Waals surface area contributed by atoms with Gasteiger partial charge in [-0.1, -0.05) is 13.8 Å². The van der Waals surface area contributed by atoms with Crippen LogP contribution < -0.4 is 15.4 Å². The summed E-state index contributed by atoms with van der Waals surface area (Å²) >= 11 is 1.41. The number of hydrogen-bond acceptors (Lipinski definition) is 5. The third kappa shape index (κ3) is 5.05. The fraction of sp³-hybridized carbons (Fsp3) is 0.421.